The summed E-state index contributed by atoms with van der Waals surface area (Å²) in [6.07, 6.45) is -5.08. The molecule has 0 spiro atoms. The van der Waals surface area contributed by atoms with Crippen LogP contribution in [0.15, 0.2) is 35.8 Å². The Labute approximate surface area is 224 Å². The second-order valence-electron chi connectivity index (χ2n) is 8.76. The summed E-state index contributed by atoms with van der Waals surface area (Å²) in [7, 11) is 3.87. The quantitative estimate of drug-likeness (QED) is 0.304. The molecule has 0 bridgehead atoms. The highest BCUT2D eigenvalue weighted by molar-refractivity contribution is 7.13. The van der Waals surface area contributed by atoms with Gasteiger partial charge < -0.3 is 25.5 Å². The molecule has 4 aromatic rings. The lowest BCUT2D eigenvalue weighted by Crippen LogP contribution is -2.55. The standard InChI is InChI=1S/C21H24N10S.C2HF3O2/c1-13-8-14(26-20(24-13)30(2)3)9-22-18-16-6-4-5-7-17(16)19(28-27-18)25-15-10-31(11-15)21-29-23-12-32-21;3-2(4,5)1(6)7/h4-8,12,15H,9-11H2,1-3H3,(H,22,27)(H,25,28);(H,6,7). The Kier molecular flexibility index (Phi) is 8.23. The maximum absolute atomic E-state index is 10.6. The maximum Gasteiger partial charge on any atom is 0.490 e. The van der Waals surface area contributed by atoms with Crippen LogP contribution in [0.2, 0.25) is 0 Å². The van der Waals surface area contributed by atoms with Gasteiger partial charge in [0, 0.05) is 43.7 Å². The van der Waals surface area contributed by atoms with E-state index in [4.69, 9.17) is 9.90 Å². The van der Waals surface area contributed by atoms with Crippen molar-refractivity contribution in [3.63, 3.8) is 0 Å². The number of aromatic nitrogens is 6. The van der Waals surface area contributed by atoms with Crippen LogP contribution in [-0.4, -0.2) is 80.8 Å². The second-order valence-corrected chi connectivity index (χ2v) is 9.57. The largest absolute Gasteiger partial charge is 0.490 e. The lowest BCUT2D eigenvalue weighted by molar-refractivity contribution is -0.192. The van der Waals surface area contributed by atoms with Gasteiger partial charge in [0.1, 0.15) is 5.51 Å². The molecule has 206 valence electrons. The van der Waals surface area contributed by atoms with Crippen LogP contribution in [0, 0.1) is 6.92 Å². The van der Waals surface area contributed by atoms with E-state index in [1.807, 2.05) is 44.1 Å². The van der Waals surface area contributed by atoms with Crippen molar-refractivity contribution in [1.82, 2.24) is 30.4 Å². The molecule has 0 radical (unpaired) electrons. The Bertz CT molecular complexity index is 1430. The number of nitrogens with zero attached hydrogens (tertiary/aromatic N) is 8. The fraction of sp³-hybridized carbons (Fsp3) is 0.348. The number of alkyl halides is 3. The van der Waals surface area contributed by atoms with Crippen LogP contribution in [0.3, 0.4) is 0 Å². The van der Waals surface area contributed by atoms with Crippen molar-refractivity contribution in [2.75, 3.05) is 47.6 Å². The average molecular weight is 563 g/mol. The van der Waals surface area contributed by atoms with Gasteiger partial charge in [-0.25, -0.2) is 14.8 Å². The van der Waals surface area contributed by atoms with Crippen LogP contribution in [0.25, 0.3) is 10.8 Å². The average Bonchev–Trinajstić information content (AvgIpc) is 3.39. The Hall–Kier alpha value is -4.34. The summed E-state index contributed by atoms with van der Waals surface area (Å²) in [6, 6.07) is 10.4. The number of carboxylic acid groups (broad SMARTS) is 1. The molecule has 0 unspecified atom stereocenters. The van der Waals surface area contributed by atoms with Crippen molar-refractivity contribution in [3.05, 3.63) is 47.2 Å². The Balaban J connectivity index is 0.000000448. The van der Waals surface area contributed by atoms with E-state index >= 15 is 0 Å². The number of hydrogen-bond donors (Lipinski definition) is 3. The molecule has 0 atom stereocenters. The zero-order valence-electron chi connectivity index (χ0n) is 21.1. The highest BCUT2D eigenvalue weighted by atomic mass is 32.1. The molecule has 1 aromatic carbocycles. The second kappa shape index (κ2) is 11.6. The van der Waals surface area contributed by atoms with E-state index in [0.29, 0.717) is 18.5 Å². The van der Waals surface area contributed by atoms with Crippen molar-refractivity contribution in [3.8, 4) is 0 Å². The first kappa shape index (κ1) is 27.7. The van der Waals surface area contributed by atoms with E-state index in [0.717, 1.165) is 52.0 Å². The number of benzene rings is 1. The molecule has 1 aliphatic heterocycles. The molecule has 5 rings (SSSR count). The highest BCUT2D eigenvalue weighted by Gasteiger charge is 2.38. The van der Waals surface area contributed by atoms with Gasteiger partial charge >= 0.3 is 12.1 Å². The molecule has 3 aromatic heterocycles. The summed E-state index contributed by atoms with van der Waals surface area (Å²) in [6.45, 7) is 4.24. The molecule has 16 heteroatoms. The molecular weight excluding hydrogens is 537 g/mol. The summed E-state index contributed by atoms with van der Waals surface area (Å²) in [5.41, 5.74) is 3.59. The smallest absolute Gasteiger partial charge is 0.475 e. The lowest BCUT2D eigenvalue weighted by Gasteiger charge is -2.39. The zero-order chi connectivity index (χ0) is 28.2. The minimum atomic E-state index is -5.08. The molecule has 39 heavy (non-hydrogen) atoms. The molecule has 1 aliphatic rings. The SMILES string of the molecule is Cc1cc(CNc2nnc(NC3CN(c4nncs4)C3)c3ccccc23)nc(N(C)C)n1.O=C(O)C(F)(F)F. The maximum atomic E-state index is 10.6. The van der Waals surface area contributed by atoms with Gasteiger partial charge in [0.15, 0.2) is 11.6 Å². The zero-order valence-corrected chi connectivity index (χ0v) is 22.0. The number of rotatable bonds is 7. The molecule has 1 fully saturated rings. The van der Waals surface area contributed by atoms with Crippen molar-refractivity contribution >= 4 is 50.8 Å². The number of carbonyl (C=O) groups is 1. The minimum absolute atomic E-state index is 0.295. The lowest BCUT2D eigenvalue weighted by atomic mass is 10.1. The molecule has 0 amide bonds. The van der Waals surface area contributed by atoms with E-state index in [-0.39, 0.29) is 0 Å². The number of hydrogen-bond acceptors (Lipinski definition) is 12. The van der Waals surface area contributed by atoms with Gasteiger partial charge in [-0.1, -0.05) is 35.6 Å². The van der Waals surface area contributed by atoms with Crippen LogP contribution in [-0.2, 0) is 11.3 Å². The fourth-order valence-electron chi connectivity index (χ4n) is 3.65. The summed E-state index contributed by atoms with van der Waals surface area (Å²) in [5, 5.41) is 34.0. The number of aryl methyl sites for hydroxylation is 1. The van der Waals surface area contributed by atoms with Crippen LogP contribution in [0.4, 0.5) is 35.9 Å². The molecular formula is C23H25F3N10O2S. The molecule has 3 N–H and O–H groups in total. The van der Waals surface area contributed by atoms with Gasteiger partial charge in [0.2, 0.25) is 11.1 Å². The minimum Gasteiger partial charge on any atom is -0.475 e. The molecule has 12 nitrogen and oxygen atoms in total. The van der Waals surface area contributed by atoms with Gasteiger partial charge in [0.05, 0.1) is 18.3 Å². The first-order chi connectivity index (χ1) is 18.5. The fourth-order valence-corrected chi connectivity index (χ4v) is 4.23. The third kappa shape index (κ3) is 6.95. The number of nitrogens with one attached hydrogen (secondary N) is 2. The van der Waals surface area contributed by atoms with Crippen LogP contribution >= 0.6 is 11.3 Å². The number of anilines is 4. The van der Waals surface area contributed by atoms with E-state index in [1.165, 1.54) is 0 Å². The van der Waals surface area contributed by atoms with Crippen LogP contribution in [0.1, 0.15) is 11.4 Å². The van der Waals surface area contributed by atoms with Gasteiger partial charge in [-0.15, -0.1) is 20.4 Å². The third-order valence-electron chi connectivity index (χ3n) is 5.50. The topological polar surface area (TPSA) is 145 Å². The number of fused-ring (bicyclic) bond motifs is 1. The first-order valence-corrected chi connectivity index (χ1v) is 12.5. The van der Waals surface area contributed by atoms with Gasteiger partial charge in [-0.2, -0.15) is 13.2 Å². The van der Waals surface area contributed by atoms with Gasteiger partial charge in [0.25, 0.3) is 0 Å². The van der Waals surface area contributed by atoms with Crippen LogP contribution < -0.4 is 20.4 Å². The van der Waals surface area contributed by atoms with E-state index in [2.05, 4.69) is 58.0 Å². The van der Waals surface area contributed by atoms with E-state index < -0.39 is 12.1 Å². The molecule has 4 heterocycles. The summed E-state index contributed by atoms with van der Waals surface area (Å²) in [5.74, 6) is -0.536. The predicted octanol–water partition coefficient (Wildman–Crippen LogP) is 3.19. The summed E-state index contributed by atoms with van der Waals surface area (Å²) < 4.78 is 31.7. The number of carboxylic acids is 1. The van der Waals surface area contributed by atoms with E-state index in [1.54, 1.807) is 16.8 Å². The monoisotopic (exact) mass is 562 g/mol. The first-order valence-electron chi connectivity index (χ1n) is 11.6. The molecule has 0 aliphatic carbocycles. The van der Waals surface area contributed by atoms with Crippen LogP contribution in [0.5, 0.6) is 0 Å². The van der Waals surface area contributed by atoms with Crippen molar-refractivity contribution in [2.24, 2.45) is 0 Å². The van der Waals surface area contributed by atoms with Crippen molar-refractivity contribution in [2.45, 2.75) is 25.7 Å². The van der Waals surface area contributed by atoms with Crippen molar-refractivity contribution in [1.29, 1.82) is 0 Å². The number of aliphatic carboxylic acids is 1. The van der Waals surface area contributed by atoms with Gasteiger partial charge in [-0.3, -0.25) is 0 Å². The highest BCUT2D eigenvalue weighted by Crippen LogP contribution is 2.29. The predicted molar refractivity (Wildman–Crippen MR) is 141 cm³/mol. The van der Waals surface area contributed by atoms with Crippen molar-refractivity contribution < 1.29 is 23.1 Å². The Morgan fingerprint density at radius 3 is 2.36 bits per heavy atom. The molecule has 1 saturated heterocycles. The molecule has 0 saturated carbocycles. The van der Waals surface area contributed by atoms with Gasteiger partial charge in [-0.05, 0) is 13.0 Å². The number of halogens is 3. The van der Waals surface area contributed by atoms with E-state index in [9.17, 15) is 13.2 Å². The third-order valence-corrected chi connectivity index (χ3v) is 6.25. The summed E-state index contributed by atoms with van der Waals surface area (Å²) in [4.78, 5) is 22.1. The summed E-state index contributed by atoms with van der Waals surface area (Å²) >= 11 is 1.55. The Morgan fingerprint density at radius 2 is 1.77 bits per heavy atom. The Morgan fingerprint density at radius 1 is 1.13 bits per heavy atom. The normalized spacial score (nSPS) is 13.3.